The third kappa shape index (κ3) is 16.5. The Balaban J connectivity index is 1.35. The second kappa shape index (κ2) is 23.5. The van der Waals surface area contributed by atoms with Crippen molar-refractivity contribution in [1.29, 1.82) is 0 Å². The molecule has 0 saturated carbocycles. The summed E-state index contributed by atoms with van der Waals surface area (Å²) in [6.45, 7) is 11.9. The molecule has 2 heterocycles. The highest BCUT2D eigenvalue weighted by atomic mass is 16.6. The van der Waals surface area contributed by atoms with Crippen LogP contribution in [0.4, 0.5) is 5.69 Å². The third-order valence-corrected chi connectivity index (χ3v) is 5.95. The summed E-state index contributed by atoms with van der Waals surface area (Å²) in [5, 5.41) is 0. The summed E-state index contributed by atoms with van der Waals surface area (Å²) in [5.74, 6) is 0. The average molecular weight is 542 g/mol. The van der Waals surface area contributed by atoms with Crippen LogP contribution in [0.3, 0.4) is 0 Å². The summed E-state index contributed by atoms with van der Waals surface area (Å²) >= 11 is 0. The van der Waals surface area contributed by atoms with E-state index in [4.69, 9.17) is 44.6 Å². The maximum Gasteiger partial charge on any atom is 0.0942 e. The Morgan fingerprint density at radius 2 is 1.26 bits per heavy atom. The van der Waals surface area contributed by atoms with E-state index in [0.717, 1.165) is 75.3 Å². The molecule has 0 spiro atoms. The fraction of sp³-hybridized carbons (Fsp3) is 0.815. The van der Waals surface area contributed by atoms with Crippen molar-refractivity contribution in [2.45, 2.75) is 25.7 Å². The zero-order valence-electron chi connectivity index (χ0n) is 23.0. The van der Waals surface area contributed by atoms with Gasteiger partial charge in [0.2, 0.25) is 0 Å². The van der Waals surface area contributed by atoms with Gasteiger partial charge in [0.25, 0.3) is 0 Å². The van der Waals surface area contributed by atoms with Crippen LogP contribution >= 0.6 is 0 Å². The van der Waals surface area contributed by atoms with Crippen LogP contribution in [0.1, 0.15) is 24.0 Å². The van der Waals surface area contributed by atoms with Crippen LogP contribution in [0.25, 0.3) is 0 Å². The summed E-state index contributed by atoms with van der Waals surface area (Å²) in [6.07, 6.45) is 8.59. The minimum atomic E-state index is 0.530. The van der Waals surface area contributed by atoms with Gasteiger partial charge >= 0.3 is 0 Å². The molecule has 4 N–H and O–H groups in total. The highest BCUT2D eigenvalue weighted by Gasteiger charge is 2.11. The normalized spacial score (nSPS) is 14.3. The summed E-state index contributed by atoms with van der Waals surface area (Å²) in [6, 6.07) is 0. The maximum atomic E-state index is 6.39. The number of hydrogen-bond donors (Lipinski definition) is 2. The predicted octanol–water partition coefficient (Wildman–Crippen LogP) is 0.720. The molecular weight excluding hydrogens is 492 g/mol. The SMILES string of the molecule is NCCOCCOCCOCCOCCOCCOCCCc1[c]ncc(CCCN2CCOCC2)c1N. The molecule has 219 valence electrons. The quantitative estimate of drug-likeness (QED) is 0.170. The second-order valence-electron chi connectivity index (χ2n) is 8.91. The summed E-state index contributed by atoms with van der Waals surface area (Å²) in [4.78, 5) is 6.72. The number of rotatable bonds is 25. The van der Waals surface area contributed by atoms with Crippen LogP contribution in [0.5, 0.6) is 0 Å². The molecule has 0 bridgehead atoms. The number of pyridine rings is 1. The van der Waals surface area contributed by atoms with Gasteiger partial charge in [0.15, 0.2) is 0 Å². The number of hydrogen-bond acceptors (Lipinski definition) is 11. The molecule has 1 aromatic heterocycles. The van der Waals surface area contributed by atoms with Gasteiger partial charge in [-0.15, -0.1) is 0 Å². The molecule has 1 aromatic rings. The van der Waals surface area contributed by atoms with E-state index in [1.807, 2.05) is 6.20 Å². The predicted molar refractivity (Wildman–Crippen MR) is 145 cm³/mol. The van der Waals surface area contributed by atoms with Crippen LogP contribution in [0, 0.1) is 6.20 Å². The Morgan fingerprint density at radius 1 is 0.737 bits per heavy atom. The first-order valence-electron chi connectivity index (χ1n) is 13.9. The number of nitrogens with zero attached hydrogens (tertiary/aromatic N) is 2. The van der Waals surface area contributed by atoms with Gasteiger partial charge in [0.1, 0.15) is 0 Å². The van der Waals surface area contributed by atoms with Crippen molar-refractivity contribution < 1.29 is 33.2 Å². The Bertz CT molecular complexity index is 681. The fourth-order valence-electron chi connectivity index (χ4n) is 3.86. The van der Waals surface area contributed by atoms with Crippen molar-refractivity contribution >= 4 is 5.69 Å². The van der Waals surface area contributed by atoms with Gasteiger partial charge in [0.05, 0.1) is 92.1 Å². The molecule has 2 rings (SSSR count). The number of aromatic nitrogens is 1. The molecule has 0 aromatic carbocycles. The van der Waals surface area contributed by atoms with E-state index >= 15 is 0 Å². The largest absolute Gasteiger partial charge is 0.398 e. The Labute approximate surface area is 228 Å². The monoisotopic (exact) mass is 541 g/mol. The molecule has 11 nitrogen and oxygen atoms in total. The van der Waals surface area contributed by atoms with E-state index in [1.165, 1.54) is 0 Å². The summed E-state index contributed by atoms with van der Waals surface area (Å²) < 4.78 is 38.1. The molecule has 1 radical (unpaired) electrons. The van der Waals surface area contributed by atoms with Gasteiger partial charge in [-0.25, -0.2) is 0 Å². The third-order valence-electron chi connectivity index (χ3n) is 5.95. The smallest absolute Gasteiger partial charge is 0.0942 e. The topological polar surface area (TPSA) is 133 Å². The Morgan fingerprint density at radius 3 is 1.82 bits per heavy atom. The first-order chi connectivity index (χ1) is 18.8. The molecule has 1 aliphatic rings. The molecule has 0 amide bonds. The Kier molecular flexibility index (Phi) is 20.3. The molecule has 1 saturated heterocycles. The van der Waals surface area contributed by atoms with Crippen LogP contribution in [0.15, 0.2) is 6.20 Å². The highest BCUT2D eigenvalue weighted by Crippen LogP contribution is 2.19. The number of aryl methyl sites for hydroxylation is 2. The highest BCUT2D eigenvalue weighted by molar-refractivity contribution is 5.51. The number of nitrogens with two attached hydrogens (primary N) is 2. The van der Waals surface area contributed by atoms with E-state index in [2.05, 4.69) is 16.1 Å². The van der Waals surface area contributed by atoms with Gasteiger partial charge in [0, 0.05) is 43.7 Å². The van der Waals surface area contributed by atoms with Crippen molar-refractivity contribution in [2.75, 3.05) is 124 Å². The lowest BCUT2D eigenvalue weighted by Gasteiger charge is -2.26. The molecule has 0 unspecified atom stereocenters. The number of ether oxygens (including phenoxy) is 7. The van der Waals surface area contributed by atoms with Crippen molar-refractivity contribution in [2.24, 2.45) is 5.73 Å². The van der Waals surface area contributed by atoms with Gasteiger partial charge in [-0.3, -0.25) is 9.88 Å². The molecule has 38 heavy (non-hydrogen) atoms. The van der Waals surface area contributed by atoms with Crippen molar-refractivity contribution in [3.63, 3.8) is 0 Å². The van der Waals surface area contributed by atoms with Gasteiger partial charge < -0.3 is 44.6 Å². The van der Waals surface area contributed by atoms with Gasteiger partial charge in [-0.1, -0.05) is 0 Å². The second-order valence-corrected chi connectivity index (χ2v) is 8.91. The van der Waals surface area contributed by atoms with Crippen LogP contribution in [-0.2, 0) is 46.0 Å². The lowest BCUT2D eigenvalue weighted by molar-refractivity contribution is -0.0164. The molecular formula is C27H49N4O7. The molecule has 1 aliphatic heterocycles. The maximum absolute atomic E-state index is 6.39. The van der Waals surface area contributed by atoms with Gasteiger partial charge in [-0.2, -0.15) is 0 Å². The average Bonchev–Trinajstić information content (AvgIpc) is 2.94. The van der Waals surface area contributed by atoms with Crippen LogP contribution < -0.4 is 11.5 Å². The van der Waals surface area contributed by atoms with E-state index in [9.17, 15) is 0 Å². The minimum Gasteiger partial charge on any atom is -0.398 e. The van der Waals surface area contributed by atoms with Crippen LogP contribution in [0.2, 0.25) is 0 Å². The zero-order valence-corrected chi connectivity index (χ0v) is 23.0. The molecule has 1 fully saturated rings. The van der Waals surface area contributed by atoms with Crippen molar-refractivity contribution in [3.05, 3.63) is 23.5 Å². The molecule has 0 aliphatic carbocycles. The lowest BCUT2D eigenvalue weighted by Crippen LogP contribution is -2.36. The summed E-state index contributed by atoms with van der Waals surface area (Å²) in [5.41, 5.74) is 14.6. The number of anilines is 1. The first-order valence-corrected chi connectivity index (χ1v) is 13.9. The van der Waals surface area contributed by atoms with E-state index in [0.29, 0.717) is 85.8 Å². The summed E-state index contributed by atoms with van der Waals surface area (Å²) in [7, 11) is 0. The molecule has 0 atom stereocenters. The number of morpholine rings is 1. The first kappa shape index (κ1) is 32.8. The zero-order chi connectivity index (χ0) is 26.9. The fourth-order valence-corrected chi connectivity index (χ4v) is 3.86. The minimum absolute atomic E-state index is 0.530. The van der Waals surface area contributed by atoms with Gasteiger partial charge in [-0.05, 0) is 37.8 Å². The lowest BCUT2D eigenvalue weighted by atomic mass is 10.0. The number of nitrogen functional groups attached to an aromatic ring is 1. The van der Waals surface area contributed by atoms with Crippen molar-refractivity contribution in [1.82, 2.24) is 9.88 Å². The van der Waals surface area contributed by atoms with E-state index < -0.39 is 0 Å². The van der Waals surface area contributed by atoms with Crippen LogP contribution in [-0.4, -0.2) is 129 Å². The van der Waals surface area contributed by atoms with Crippen molar-refractivity contribution in [3.8, 4) is 0 Å². The van der Waals surface area contributed by atoms with E-state index in [-0.39, 0.29) is 0 Å². The Hall–Kier alpha value is -1.41. The standard InChI is InChI=1S/C27H49N4O7/c28-5-10-33-14-16-36-18-20-38-22-21-37-19-17-35-15-13-32-9-2-4-26-24-30-23-25(27(26)29)3-1-6-31-7-11-34-12-8-31/h23H,1-22,28H2,(H2,29,30). The van der Waals surface area contributed by atoms with E-state index in [1.54, 1.807) is 0 Å². The molecule has 11 heteroatoms.